The van der Waals surface area contributed by atoms with Crippen LogP contribution in [-0.2, 0) is 14.8 Å². The fraction of sp³-hybridized carbons (Fsp3) is 0.231. The van der Waals surface area contributed by atoms with Crippen molar-refractivity contribution in [1.29, 1.82) is 0 Å². The summed E-state index contributed by atoms with van der Waals surface area (Å²) < 4.78 is 51.8. The molecule has 0 saturated heterocycles. The van der Waals surface area contributed by atoms with Crippen molar-refractivity contribution in [1.82, 2.24) is 5.43 Å². The van der Waals surface area contributed by atoms with Crippen LogP contribution in [0.5, 0.6) is 11.5 Å². The van der Waals surface area contributed by atoms with E-state index in [9.17, 15) is 17.6 Å². The SMILES string of the molecule is CC/C(=N/NC(=O)CN(c1ccc(F)cc1)S(=O)(=O)c1ccc(C)cc1)c1ccc(OC)c(OC)c1. The van der Waals surface area contributed by atoms with Gasteiger partial charge in [0.15, 0.2) is 11.5 Å². The van der Waals surface area contributed by atoms with E-state index in [1.165, 1.54) is 38.5 Å². The Kier molecular flexibility index (Phi) is 8.65. The summed E-state index contributed by atoms with van der Waals surface area (Å²) in [5, 5.41) is 4.21. The lowest BCUT2D eigenvalue weighted by Crippen LogP contribution is -2.39. The number of nitrogens with zero attached hydrogens (tertiary/aromatic N) is 2. The number of nitrogens with one attached hydrogen (secondary N) is 1. The van der Waals surface area contributed by atoms with Crippen molar-refractivity contribution < 1.29 is 27.1 Å². The van der Waals surface area contributed by atoms with E-state index in [0.29, 0.717) is 29.2 Å². The lowest BCUT2D eigenvalue weighted by Gasteiger charge is -2.24. The van der Waals surface area contributed by atoms with E-state index in [1.54, 1.807) is 30.3 Å². The van der Waals surface area contributed by atoms with Crippen LogP contribution in [0, 0.1) is 12.7 Å². The molecule has 8 nitrogen and oxygen atoms in total. The van der Waals surface area contributed by atoms with E-state index in [-0.39, 0.29) is 10.6 Å². The number of benzene rings is 3. The van der Waals surface area contributed by atoms with E-state index in [1.807, 2.05) is 13.8 Å². The van der Waals surface area contributed by atoms with Crippen LogP contribution in [0.4, 0.5) is 10.1 Å². The molecule has 0 saturated carbocycles. The molecule has 3 rings (SSSR count). The van der Waals surface area contributed by atoms with Gasteiger partial charge in [-0.15, -0.1) is 0 Å². The number of anilines is 1. The number of sulfonamides is 1. The van der Waals surface area contributed by atoms with Crippen molar-refractivity contribution >= 4 is 27.3 Å². The zero-order valence-electron chi connectivity index (χ0n) is 20.5. The predicted octanol–water partition coefficient (Wildman–Crippen LogP) is 4.28. The van der Waals surface area contributed by atoms with Crippen molar-refractivity contribution in [3.05, 3.63) is 83.7 Å². The second-order valence-corrected chi connectivity index (χ2v) is 9.68. The minimum Gasteiger partial charge on any atom is -0.493 e. The minimum absolute atomic E-state index is 0.00769. The van der Waals surface area contributed by atoms with Gasteiger partial charge in [0.2, 0.25) is 0 Å². The van der Waals surface area contributed by atoms with Gasteiger partial charge in [-0.25, -0.2) is 18.2 Å². The van der Waals surface area contributed by atoms with Gasteiger partial charge in [-0.3, -0.25) is 9.10 Å². The molecule has 36 heavy (non-hydrogen) atoms. The highest BCUT2D eigenvalue weighted by atomic mass is 32.2. The molecule has 0 aromatic heterocycles. The van der Waals surface area contributed by atoms with Gasteiger partial charge >= 0.3 is 0 Å². The highest BCUT2D eigenvalue weighted by Gasteiger charge is 2.27. The Morgan fingerprint density at radius 3 is 2.19 bits per heavy atom. The average Bonchev–Trinajstić information content (AvgIpc) is 2.88. The molecule has 0 bridgehead atoms. The summed E-state index contributed by atoms with van der Waals surface area (Å²) in [5.41, 5.74) is 4.73. The molecular weight excluding hydrogens is 485 g/mol. The molecule has 0 atom stereocenters. The molecular formula is C26H28FN3O5S. The Hall–Kier alpha value is -3.92. The second kappa shape index (κ2) is 11.7. The van der Waals surface area contributed by atoms with Crippen molar-refractivity contribution in [2.24, 2.45) is 5.10 Å². The van der Waals surface area contributed by atoms with Gasteiger partial charge < -0.3 is 9.47 Å². The fourth-order valence-corrected chi connectivity index (χ4v) is 4.84. The van der Waals surface area contributed by atoms with Gasteiger partial charge in [0.25, 0.3) is 15.9 Å². The third-order valence-corrected chi connectivity index (χ3v) is 7.17. The van der Waals surface area contributed by atoms with E-state index in [2.05, 4.69) is 10.5 Å². The lowest BCUT2D eigenvalue weighted by molar-refractivity contribution is -0.119. The quantitative estimate of drug-likeness (QED) is 0.322. The molecule has 1 N–H and O–H groups in total. The van der Waals surface area contributed by atoms with Gasteiger partial charge in [0.1, 0.15) is 12.4 Å². The Morgan fingerprint density at radius 2 is 1.61 bits per heavy atom. The molecule has 0 aliphatic heterocycles. The maximum atomic E-state index is 13.5. The first-order valence-corrected chi connectivity index (χ1v) is 12.6. The number of aryl methyl sites for hydroxylation is 1. The maximum absolute atomic E-state index is 13.5. The van der Waals surface area contributed by atoms with Crippen molar-refractivity contribution in [3.8, 4) is 11.5 Å². The maximum Gasteiger partial charge on any atom is 0.264 e. The van der Waals surface area contributed by atoms with Crippen molar-refractivity contribution in [2.45, 2.75) is 25.2 Å². The highest BCUT2D eigenvalue weighted by Crippen LogP contribution is 2.28. The smallest absolute Gasteiger partial charge is 0.264 e. The van der Waals surface area contributed by atoms with E-state index in [4.69, 9.17) is 9.47 Å². The first-order chi connectivity index (χ1) is 17.2. The number of carbonyl (C=O) groups excluding carboxylic acids is 1. The van der Waals surface area contributed by atoms with Gasteiger partial charge in [0.05, 0.1) is 30.5 Å². The molecule has 0 spiro atoms. The number of hydrogen-bond acceptors (Lipinski definition) is 6. The third kappa shape index (κ3) is 6.19. The molecule has 0 heterocycles. The largest absolute Gasteiger partial charge is 0.493 e. The number of halogens is 1. The summed E-state index contributed by atoms with van der Waals surface area (Å²) in [7, 11) is -1.07. The molecule has 3 aromatic rings. The summed E-state index contributed by atoms with van der Waals surface area (Å²) in [6.07, 6.45) is 0.485. The first kappa shape index (κ1) is 26.7. The van der Waals surface area contributed by atoms with Crippen molar-refractivity contribution in [3.63, 3.8) is 0 Å². The highest BCUT2D eigenvalue weighted by molar-refractivity contribution is 7.92. The number of ether oxygens (including phenoxy) is 2. The molecule has 0 unspecified atom stereocenters. The van der Waals surface area contributed by atoms with Crippen LogP contribution >= 0.6 is 0 Å². The van der Waals surface area contributed by atoms with Crippen LogP contribution in [0.1, 0.15) is 24.5 Å². The summed E-state index contributed by atoms with van der Waals surface area (Å²) in [6, 6.07) is 16.4. The van der Waals surface area contributed by atoms with Crippen LogP contribution in [0.3, 0.4) is 0 Å². The Balaban J connectivity index is 1.88. The monoisotopic (exact) mass is 513 g/mol. The second-order valence-electron chi connectivity index (χ2n) is 7.82. The number of methoxy groups -OCH3 is 2. The molecule has 1 amide bonds. The number of hydrazone groups is 1. The van der Waals surface area contributed by atoms with Crippen LogP contribution < -0.4 is 19.2 Å². The van der Waals surface area contributed by atoms with Crippen molar-refractivity contribution in [2.75, 3.05) is 25.1 Å². The fourth-order valence-electron chi connectivity index (χ4n) is 3.42. The molecule has 190 valence electrons. The summed E-state index contributed by atoms with van der Waals surface area (Å²) in [4.78, 5) is 12.9. The van der Waals surface area contributed by atoms with Crippen LogP contribution in [-0.4, -0.2) is 40.8 Å². The standard InChI is InChI=1S/C26H28FN3O5S/c1-5-23(19-8-15-24(34-3)25(16-19)35-4)28-29-26(31)17-30(21-11-9-20(27)10-12-21)36(32,33)22-13-6-18(2)7-14-22/h6-16H,5,17H2,1-4H3,(H,29,31)/b28-23-. The van der Waals surface area contributed by atoms with Crippen LogP contribution in [0.2, 0.25) is 0 Å². The normalized spacial score (nSPS) is 11.6. The lowest BCUT2D eigenvalue weighted by atomic mass is 10.1. The number of rotatable bonds is 10. The molecule has 0 aliphatic carbocycles. The molecule has 0 radical (unpaired) electrons. The van der Waals surface area contributed by atoms with E-state index >= 15 is 0 Å². The number of carbonyl (C=O) groups is 1. The summed E-state index contributed by atoms with van der Waals surface area (Å²) in [6.45, 7) is 3.14. The molecule has 0 aliphatic rings. The van der Waals surface area contributed by atoms with Crippen LogP contribution in [0.25, 0.3) is 0 Å². The van der Waals surface area contributed by atoms with E-state index < -0.39 is 28.3 Å². The molecule has 0 fully saturated rings. The third-order valence-electron chi connectivity index (χ3n) is 5.38. The zero-order valence-corrected chi connectivity index (χ0v) is 21.3. The Bertz CT molecular complexity index is 1340. The number of hydrogen-bond donors (Lipinski definition) is 1. The molecule has 3 aromatic carbocycles. The summed E-state index contributed by atoms with van der Waals surface area (Å²) in [5.74, 6) is -0.129. The Morgan fingerprint density at radius 1 is 0.972 bits per heavy atom. The predicted molar refractivity (Wildman–Crippen MR) is 137 cm³/mol. The topological polar surface area (TPSA) is 97.3 Å². The first-order valence-electron chi connectivity index (χ1n) is 11.1. The Labute approximate surface area is 210 Å². The zero-order chi connectivity index (χ0) is 26.3. The van der Waals surface area contributed by atoms with Gasteiger partial charge in [-0.2, -0.15) is 5.10 Å². The number of amides is 1. The van der Waals surface area contributed by atoms with Crippen LogP contribution in [0.15, 0.2) is 76.7 Å². The summed E-state index contributed by atoms with van der Waals surface area (Å²) >= 11 is 0. The minimum atomic E-state index is -4.12. The van der Waals surface area contributed by atoms with Gasteiger partial charge in [0, 0.05) is 5.56 Å². The van der Waals surface area contributed by atoms with Gasteiger partial charge in [-0.1, -0.05) is 24.6 Å². The average molecular weight is 514 g/mol. The van der Waals surface area contributed by atoms with Gasteiger partial charge in [-0.05, 0) is 67.9 Å². The molecule has 10 heteroatoms. The van der Waals surface area contributed by atoms with E-state index in [0.717, 1.165) is 22.0 Å².